The summed E-state index contributed by atoms with van der Waals surface area (Å²) in [6.07, 6.45) is 3.93. The molecule has 2 aromatic rings. The van der Waals surface area contributed by atoms with Crippen LogP contribution in [0.15, 0.2) is 36.4 Å². The van der Waals surface area contributed by atoms with E-state index in [4.69, 9.17) is 0 Å². The van der Waals surface area contributed by atoms with Gasteiger partial charge in [0.05, 0.1) is 0 Å². The summed E-state index contributed by atoms with van der Waals surface area (Å²) < 4.78 is 13.2. The first-order chi connectivity index (χ1) is 12.4. The third kappa shape index (κ3) is 2.87. The number of carbonyl (C=O) groups is 1. The SMILES string of the molecule is Cc1cc(C(=O)N2[C@@H]3CC[C@H]2C[C@@H](c2ccc(F)cc2)C3)cc(C)c1O. The van der Waals surface area contributed by atoms with E-state index in [0.717, 1.165) is 36.8 Å². The number of phenolic OH excluding ortho intramolecular Hbond substituents is 1. The van der Waals surface area contributed by atoms with Crippen molar-refractivity contribution >= 4 is 5.91 Å². The van der Waals surface area contributed by atoms with E-state index in [0.29, 0.717) is 11.5 Å². The predicted molar refractivity (Wildman–Crippen MR) is 98.9 cm³/mol. The van der Waals surface area contributed by atoms with E-state index in [2.05, 4.69) is 4.90 Å². The fraction of sp³-hybridized carbons (Fsp3) is 0.409. The fourth-order valence-electron chi connectivity index (χ4n) is 4.74. The molecule has 1 N–H and O–H groups in total. The van der Waals surface area contributed by atoms with Crippen LogP contribution in [0.25, 0.3) is 0 Å². The van der Waals surface area contributed by atoms with E-state index >= 15 is 0 Å². The minimum absolute atomic E-state index is 0.0706. The Labute approximate surface area is 153 Å². The number of benzene rings is 2. The Morgan fingerprint density at radius 3 is 2.12 bits per heavy atom. The molecule has 2 fully saturated rings. The highest BCUT2D eigenvalue weighted by atomic mass is 19.1. The van der Waals surface area contributed by atoms with Crippen molar-refractivity contribution in [3.8, 4) is 5.75 Å². The minimum Gasteiger partial charge on any atom is -0.507 e. The van der Waals surface area contributed by atoms with Crippen molar-refractivity contribution in [2.45, 2.75) is 57.5 Å². The van der Waals surface area contributed by atoms with Crippen LogP contribution in [0.3, 0.4) is 0 Å². The fourth-order valence-corrected chi connectivity index (χ4v) is 4.74. The molecule has 0 saturated carbocycles. The zero-order valence-electron chi connectivity index (χ0n) is 15.2. The van der Waals surface area contributed by atoms with Crippen molar-refractivity contribution in [3.63, 3.8) is 0 Å². The minimum atomic E-state index is -0.206. The summed E-state index contributed by atoms with van der Waals surface area (Å²) in [4.78, 5) is 15.2. The monoisotopic (exact) mass is 353 g/mol. The molecule has 0 aromatic heterocycles. The van der Waals surface area contributed by atoms with Gasteiger partial charge in [0.1, 0.15) is 11.6 Å². The van der Waals surface area contributed by atoms with Gasteiger partial charge in [0.15, 0.2) is 0 Å². The molecule has 2 bridgehead atoms. The average Bonchev–Trinajstić information content (AvgIpc) is 2.88. The maximum Gasteiger partial charge on any atom is 0.254 e. The lowest BCUT2D eigenvalue weighted by Gasteiger charge is -2.39. The third-order valence-corrected chi connectivity index (χ3v) is 6.05. The topological polar surface area (TPSA) is 40.5 Å². The van der Waals surface area contributed by atoms with E-state index in [-0.39, 0.29) is 29.6 Å². The number of phenols is 1. The summed E-state index contributed by atoms with van der Waals surface area (Å²) in [7, 11) is 0. The normalized spacial score (nSPS) is 24.7. The number of carbonyl (C=O) groups excluding carboxylic acids is 1. The Morgan fingerprint density at radius 2 is 1.58 bits per heavy atom. The highest BCUT2D eigenvalue weighted by Gasteiger charge is 2.43. The molecule has 1 amide bonds. The van der Waals surface area contributed by atoms with Gasteiger partial charge in [-0.1, -0.05) is 12.1 Å². The highest BCUT2D eigenvalue weighted by molar-refractivity contribution is 5.95. The van der Waals surface area contributed by atoms with Crippen LogP contribution >= 0.6 is 0 Å². The second-order valence-electron chi connectivity index (χ2n) is 7.78. The van der Waals surface area contributed by atoms with Crippen molar-refractivity contribution in [2.75, 3.05) is 0 Å². The summed E-state index contributed by atoms with van der Waals surface area (Å²) in [6.45, 7) is 3.66. The van der Waals surface area contributed by atoms with Gasteiger partial charge in [-0.3, -0.25) is 4.79 Å². The summed E-state index contributed by atoms with van der Waals surface area (Å²) in [5, 5.41) is 9.97. The molecule has 0 unspecified atom stereocenters. The summed E-state index contributed by atoms with van der Waals surface area (Å²) in [5.74, 6) is 0.517. The van der Waals surface area contributed by atoms with Gasteiger partial charge in [0, 0.05) is 17.6 Å². The molecule has 2 saturated heterocycles. The number of aryl methyl sites for hydroxylation is 2. The van der Waals surface area contributed by atoms with E-state index in [1.54, 1.807) is 12.1 Å². The zero-order valence-corrected chi connectivity index (χ0v) is 15.2. The Bertz CT molecular complexity index is 809. The standard InChI is InChI=1S/C22H24FNO2/c1-13-9-17(10-14(2)21(13)25)22(26)24-19-7-8-20(24)12-16(11-19)15-3-5-18(23)6-4-15/h3-6,9-10,16,19-20,25H,7-8,11-12H2,1-2H3/t16-,19+,20-. The van der Waals surface area contributed by atoms with Crippen molar-refractivity contribution < 1.29 is 14.3 Å². The Hall–Kier alpha value is -2.36. The molecule has 3 atom stereocenters. The maximum atomic E-state index is 13.2. The molecule has 3 nitrogen and oxygen atoms in total. The van der Waals surface area contributed by atoms with Crippen LogP contribution in [0.2, 0.25) is 0 Å². The Balaban J connectivity index is 1.56. The number of halogens is 1. The molecule has 136 valence electrons. The molecule has 2 aliphatic heterocycles. The first kappa shape index (κ1) is 17.1. The number of hydrogen-bond acceptors (Lipinski definition) is 2. The van der Waals surface area contributed by atoms with Gasteiger partial charge in [0.2, 0.25) is 0 Å². The number of hydrogen-bond donors (Lipinski definition) is 1. The Morgan fingerprint density at radius 1 is 1.04 bits per heavy atom. The molecule has 0 aliphatic carbocycles. The molecule has 4 heteroatoms. The van der Waals surface area contributed by atoms with E-state index in [1.165, 1.54) is 17.7 Å². The molecule has 0 spiro atoms. The van der Waals surface area contributed by atoms with E-state index in [1.807, 2.05) is 26.0 Å². The second kappa shape index (κ2) is 6.42. The van der Waals surface area contributed by atoms with Gasteiger partial charge < -0.3 is 10.0 Å². The van der Waals surface area contributed by atoms with Crippen LogP contribution in [0.5, 0.6) is 5.75 Å². The van der Waals surface area contributed by atoms with Crippen molar-refractivity contribution in [3.05, 3.63) is 64.5 Å². The zero-order chi connectivity index (χ0) is 18.4. The largest absolute Gasteiger partial charge is 0.507 e. The lowest BCUT2D eigenvalue weighted by atomic mass is 9.84. The highest BCUT2D eigenvalue weighted by Crippen LogP contribution is 2.44. The molecular weight excluding hydrogens is 329 g/mol. The number of amides is 1. The van der Waals surface area contributed by atoms with Crippen LogP contribution in [-0.2, 0) is 0 Å². The predicted octanol–water partition coefficient (Wildman–Crippen LogP) is 4.70. The van der Waals surface area contributed by atoms with Crippen LogP contribution in [0.4, 0.5) is 4.39 Å². The molecule has 4 rings (SSSR count). The summed E-state index contributed by atoms with van der Waals surface area (Å²) in [5.41, 5.74) is 3.31. The number of aromatic hydroxyl groups is 1. The smallest absolute Gasteiger partial charge is 0.254 e. The lowest BCUT2D eigenvalue weighted by molar-refractivity contribution is 0.0571. The Kier molecular flexibility index (Phi) is 4.22. The van der Waals surface area contributed by atoms with Gasteiger partial charge in [-0.15, -0.1) is 0 Å². The first-order valence-corrected chi connectivity index (χ1v) is 9.32. The number of piperidine rings is 1. The summed E-state index contributed by atoms with van der Waals surface area (Å²) >= 11 is 0. The van der Waals surface area contributed by atoms with Crippen molar-refractivity contribution in [2.24, 2.45) is 0 Å². The first-order valence-electron chi connectivity index (χ1n) is 9.32. The van der Waals surface area contributed by atoms with Gasteiger partial charge in [-0.2, -0.15) is 0 Å². The number of rotatable bonds is 2. The van der Waals surface area contributed by atoms with Crippen LogP contribution < -0.4 is 0 Å². The molecule has 26 heavy (non-hydrogen) atoms. The molecule has 2 aromatic carbocycles. The van der Waals surface area contributed by atoms with Gasteiger partial charge in [0.25, 0.3) is 5.91 Å². The van der Waals surface area contributed by atoms with Gasteiger partial charge >= 0.3 is 0 Å². The molecule has 0 radical (unpaired) electrons. The van der Waals surface area contributed by atoms with Crippen molar-refractivity contribution in [1.82, 2.24) is 4.90 Å². The van der Waals surface area contributed by atoms with E-state index in [9.17, 15) is 14.3 Å². The number of nitrogens with zero attached hydrogens (tertiary/aromatic N) is 1. The molecule has 2 heterocycles. The number of fused-ring (bicyclic) bond motifs is 2. The molecular formula is C22H24FNO2. The maximum absolute atomic E-state index is 13.2. The quantitative estimate of drug-likeness (QED) is 0.850. The molecule has 2 aliphatic rings. The summed E-state index contributed by atoms with van der Waals surface area (Å²) in [6, 6.07) is 10.9. The van der Waals surface area contributed by atoms with Crippen LogP contribution in [-0.4, -0.2) is 28.0 Å². The lowest BCUT2D eigenvalue weighted by Crippen LogP contribution is -2.46. The van der Waals surface area contributed by atoms with E-state index < -0.39 is 0 Å². The second-order valence-corrected chi connectivity index (χ2v) is 7.78. The van der Waals surface area contributed by atoms with Crippen molar-refractivity contribution in [1.29, 1.82) is 0 Å². The van der Waals surface area contributed by atoms with Crippen LogP contribution in [0, 0.1) is 19.7 Å². The average molecular weight is 353 g/mol. The van der Waals surface area contributed by atoms with Crippen LogP contribution in [0.1, 0.15) is 58.6 Å². The van der Waals surface area contributed by atoms with Gasteiger partial charge in [-0.05, 0) is 86.4 Å². The van der Waals surface area contributed by atoms with Gasteiger partial charge in [-0.25, -0.2) is 4.39 Å². The third-order valence-electron chi connectivity index (χ3n) is 6.05.